The molecular formula is C18H41NO3Si. The molecule has 0 saturated carbocycles. The molecule has 4 nitrogen and oxygen atoms in total. The van der Waals surface area contributed by atoms with Gasteiger partial charge in [0, 0.05) is 19.8 Å². The van der Waals surface area contributed by atoms with E-state index in [1.54, 1.807) is 0 Å². The predicted octanol–water partition coefficient (Wildman–Crippen LogP) is 4.65. The van der Waals surface area contributed by atoms with Crippen molar-refractivity contribution in [2.45, 2.75) is 79.6 Å². The summed E-state index contributed by atoms with van der Waals surface area (Å²) >= 11 is 0. The van der Waals surface area contributed by atoms with Gasteiger partial charge >= 0.3 is 8.80 Å². The van der Waals surface area contributed by atoms with Crippen molar-refractivity contribution in [1.29, 1.82) is 0 Å². The Morgan fingerprint density at radius 3 is 1.30 bits per heavy atom. The van der Waals surface area contributed by atoms with Gasteiger partial charge in [-0.05, 0) is 45.2 Å². The Kier molecular flexibility index (Phi) is 15.6. The van der Waals surface area contributed by atoms with Gasteiger partial charge in [-0.3, -0.25) is 4.90 Å². The smallest absolute Gasteiger partial charge is 0.373 e. The maximum atomic E-state index is 6.23. The van der Waals surface area contributed by atoms with E-state index in [2.05, 4.69) is 39.5 Å². The summed E-state index contributed by atoms with van der Waals surface area (Å²) in [6, 6.07) is 0. The van der Waals surface area contributed by atoms with Crippen LogP contribution in [0, 0.1) is 0 Å². The molecule has 0 heterocycles. The first kappa shape index (κ1) is 23.1. The summed E-state index contributed by atoms with van der Waals surface area (Å²) in [5, 5.41) is 0. The van der Waals surface area contributed by atoms with E-state index in [0.717, 1.165) is 58.3 Å². The molecule has 0 fully saturated rings. The van der Waals surface area contributed by atoms with E-state index in [1.165, 1.54) is 25.7 Å². The standard InChI is InChI=1S/C18H41NO3Si/c1-6-11-13-19(14-12-7-2)18-23(20-15-8-3,21-16-9-4)22-17-10-5/h6-18H2,1-5H3. The second kappa shape index (κ2) is 15.6. The molecule has 0 bridgehead atoms. The Labute approximate surface area is 146 Å². The van der Waals surface area contributed by atoms with Gasteiger partial charge in [-0.15, -0.1) is 0 Å². The first-order chi connectivity index (χ1) is 11.2. The SMILES string of the molecule is CCCCN(CCCC)C[Si](OCCC)(OCCC)OCCC. The molecule has 0 aromatic heterocycles. The van der Waals surface area contributed by atoms with Gasteiger partial charge < -0.3 is 13.3 Å². The van der Waals surface area contributed by atoms with Gasteiger partial charge in [-0.25, -0.2) is 0 Å². The van der Waals surface area contributed by atoms with Gasteiger partial charge in [0.15, 0.2) is 0 Å². The van der Waals surface area contributed by atoms with Crippen molar-refractivity contribution < 1.29 is 13.3 Å². The lowest BCUT2D eigenvalue weighted by Crippen LogP contribution is -2.56. The average molecular weight is 348 g/mol. The lowest BCUT2D eigenvalue weighted by Gasteiger charge is -2.34. The van der Waals surface area contributed by atoms with Crippen LogP contribution < -0.4 is 0 Å². The molecule has 5 heteroatoms. The molecule has 0 aromatic carbocycles. The quantitative estimate of drug-likeness (QED) is 0.358. The van der Waals surface area contributed by atoms with E-state index in [9.17, 15) is 0 Å². The number of rotatable bonds is 17. The van der Waals surface area contributed by atoms with Gasteiger partial charge in [-0.1, -0.05) is 47.5 Å². The first-order valence-electron chi connectivity index (χ1n) is 9.82. The summed E-state index contributed by atoms with van der Waals surface area (Å²) in [6.07, 6.45) is 8.74. The van der Waals surface area contributed by atoms with Crippen LogP contribution >= 0.6 is 0 Å². The number of nitrogens with zero attached hydrogens (tertiary/aromatic N) is 1. The van der Waals surface area contributed by atoms with Crippen LogP contribution in [-0.2, 0) is 13.3 Å². The molecule has 23 heavy (non-hydrogen) atoms. The van der Waals surface area contributed by atoms with Crippen LogP contribution in [0.2, 0.25) is 0 Å². The van der Waals surface area contributed by atoms with E-state index in [0.29, 0.717) is 0 Å². The highest BCUT2D eigenvalue weighted by atomic mass is 28.4. The second-order valence-corrected chi connectivity index (χ2v) is 8.76. The molecule has 0 atom stereocenters. The Hall–Kier alpha value is 0.0569. The molecule has 140 valence electrons. The number of hydrogen-bond acceptors (Lipinski definition) is 4. The fourth-order valence-electron chi connectivity index (χ4n) is 2.34. The monoisotopic (exact) mass is 347 g/mol. The molecule has 0 spiro atoms. The highest BCUT2D eigenvalue weighted by Crippen LogP contribution is 2.15. The van der Waals surface area contributed by atoms with Crippen LogP contribution in [-0.4, -0.2) is 52.8 Å². The van der Waals surface area contributed by atoms with Gasteiger partial charge in [0.2, 0.25) is 0 Å². The Morgan fingerprint density at radius 2 is 1.00 bits per heavy atom. The van der Waals surface area contributed by atoms with E-state index < -0.39 is 8.80 Å². The van der Waals surface area contributed by atoms with Crippen molar-refractivity contribution in [1.82, 2.24) is 4.90 Å². The predicted molar refractivity (Wildman–Crippen MR) is 101 cm³/mol. The van der Waals surface area contributed by atoms with Crippen LogP contribution in [0.25, 0.3) is 0 Å². The van der Waals surface area contributed by atoms with Crippen LogP contribution in [0.5, 0.6) is 0 Å². The zero-order valence-electron chi connectivity index (χ0n) is 16.4. The molecule has 0 aliphatic rings. The molecule has 0 unspecified atom stereocenters. The van der Waals surface area contributed by atoms with Gasteiger partial charge in [0.1, 0.15) is 0 Å². The normalized spacial score (nSPS) is 12.3. The van der Waals surface area contributed by atoms with E-state index in [4.69, 9.17) is 13.3 Å². The summed E-state index contributed by atoms with van der Waals surface area (Å²) in [7, 11) is -2.60. The minimum Gasteiger partial charge on any atom is -0.373 e. The molecule has 0 aliphatic heterocycles. The minimum atomic E-state index is -2.60. The van der Waals surface area contributed by atoms with Crippen molar-refractivity contribution in [2.75, 3.05) is 39.1 Å². The maximum Gasteiger partial charge on any atom is 0.515 e. The molecule has 0 N–H and O–H groups in total. The molecule has 0 amide bonds. The largest absolute Gasteiger partial charge is 0.515 e. The number of unbranched alkanes of at least 4 members (excludes halogenated alkanes) is 2. The van der Waals surface area contributed by atoms with E-state index in [1.807, 2.05) is 0 Å². The van der Waals surface area contributed by atoms with Gasteiger partial charge in [0.05, 0.1) is 6.17 Å². The van der Waals surface area contributed by atoms with Crippen molar-refractivity contribution in [3.8, 4) is 0 Å². The fraction of sp³-hybridized carbons (Fsp3) is 1.00. The molecule has 0 aromatic rings. The average Bonchev–Trinajstić information content (AvgIpc) is 2.58. The van der Waals surface area contributed by atoms with Gasteiger partial charge in [-0.2, -0.15) is 0 Å². The summed E-state index contributed by atoms with van der Waals surface area (Å²) in [5.41, 5.74) is 0. The number of hydrogen-bond donors (Lipinski definition) is 0. The summed E-state index contributed by atoms with van der Waals surface area (Å²) in [4.78, 5) is 2.51. The Balaban J connectivity index is 4.95. The van der Waals surface area contributed by atoms with E-state index in [-0.39, 0.29) is 0 Å². The van der Waals surface area contributed by atoms with Crippen molar-refractivity contribution >= 4 is 8.80 Å². The van der Waals surface area contributed by atoms with Crippen LogP contribution in [0.1, 0.15) is 79.6 Å². The lowest BCUT2D eigenvalue weighted by molar-refractivity contribution is 0.0454. The van der Waals surface area contributed by atoms with E-state index >= 15 is 0 Å². The van der Waals surface area contributed by atoms with Crippen LogP contribution in [0.3, 0.4) is 0 Å². The minimum absolute atomic E-state index is 0.731. The highest BCUT2D eigenvalue weighted by molar-refractivity contribution is 6.60. The summed E-state index contributed by atoms with van der Waals surface area (Å²) < 4.78 is 18.7. The molecule has 0 rings (SSSR count). The highest BCUT2D eigenvalue weighted by Gasteiger charge is 2.42. The molecule has 0 aliphatic carbocycles. The maximum absolute atomic E-state index is 6.23. The zero-order chi connectivity index (χ0) is 17.4. The molecule has 0 radical (unpaired) electrons. The Bertz CT molecular complexity index is 225. The third kappa shape index (κ3) is 11.3. The summed E-state index contributed by atoms with van der Waals surface area (Å²) in [5.74, 6) is 0. The third-order valence-electron chi connectivity index (χ3n) is 3.65. The fourth-order valence-corrected chi connectivity index (χ4v) is 5.28. The summed E-state index contributed by atoms with van der Waals surface area (Å²) in [6.45, 7) is 15.4. The molecule has 0 saturated heterocycles. The van der Waals surface area contributed by atoms with Crippen molar-refractivity contribution in [3.63, 3.8) is 0 Å². The first-order valence-corrected chi connectivity index (χ1v) is 11.7. The third-order valence-corrected chi connectivity index (χ3v) is 6.42. The van der Waals surface area contributed by atoms with Crippen LogP contribution in [0.15, 0.2) is 0 Å². The van der Waals surface area contributed by atoms with Crippen molar-refractivity contribution in [2.24, 2.45) is 0 Å². The second-order valence-electron chi connectivity index (χ2n) is 6.21. The topological polar surface area (TPSA) is 30.9 Å². The van der Waals surface area contributed by atoms with Crippen LogP contribution in [0.4, 0.5) is 0 Å². The lowest BCUT2D eigenvalue weighted by atomic mass is 10.3. The molecular weight excluding hydrogens is 306 g/mol. The Morgan fingerprint density at radius 1 is 0.609 bits per heavy atom. The van der Waals surface area contributed by atoms with Gasteiger partial charge in [0.25, 0.3) is 0 Å². The van der Waals surface area contributed by atoms with Crippen molar-refractivity contribution in [3.05, 3.63) is 0 Å². The zero-order valence-corrected chi connectivity index (χ0v) is 17.4.